The van der Waals surface area contributed by atoms with Gasteiger partial charge in [-0.1, -0.05) is 42.1 Å². The minimum absolute atomic E-state index is 0. The molecule has 0 bridgehead atoms. The molecule has 1 aliphatic rings. The number of benzene rings is 2. The van der Waals surface area contributed by atoms with E-state index in [0.717, 1.165) is 58.4 Å². The smallest absolute Gasteiger partial charge is 0.303 e. The van der Waals surface area contributed by atoms with Gasteiger partial charge < -0.3 is 43.8 Å². The highest BCUT2D eigenvalue weighted by molar-refractivity contribution is 8.03. The Labute approximate surface area is 279 Å². The molecule has 2 heterocycles. The standard InChI is InChI=1S/C34H47N5O2S.HI/c1-35(2)20-13-22-38(23-14-21-36(3)4)32-25-27(26-33-37(5)30-17-10-11-18-31(30)42-33)28-15-8-9-16-29(28)39(32)24-12-6-7-19-34(40)41;/h8-11,15-18,25-26H,6-7,12-14,19-24H2,1-5H3;1H. The largest absolute Gasteiger partial charge is 1.00 e. The van der Waals surface area contributed by atoms with Crippen LogP contribution in [-0.2, 0) is 11.3 Å². The second-order valence-corrected chi connectivity index (χ2v) is 12.8. The van der Waals surface area contributed by atoms with Crippen LogP contribution in [0.3, 0.4) is 0 Å². The van der Waals surface area contributed by atoms with E-state index in [2.05, 4.69) is 120 Å². The Balaban J connectivity index is 0.00000506. The SMILES string of the molecule is CN(C)CCCN(CCCN(C)C)c1cc(C=C2Sc3ccccc3N2C)c2ccccc2[n+]1CCCCCC(=O)O.[I-]. The van der Waals surface area contributed by atoms with Crippen LogP contribution in [-0.4, -0.2) is 82.3 Å². The lowest BCUT2D eigenvalue weighted by atomic mass is 10.1. The molecule has 1 aromatic heterocycles. The van der Waals surface area contributed by atoms with Crippen molar-refractivity contribution in [3.63, 3.8) is 0 Å². The first-order chi connectivity index (χ1) is 20.2. The molecular formula is C34H48IN5O2S. The van der Waals surface area contributed by atoms with E-state index in [0.29, 0.717) is 6.42 Å². The summed E-state index contributed by atoms with van der Waals surface area (Å²) in [6.07, 6.45) is 7.33. The van der Waals surface area contributed by atoms with Gasteiger partial charge in [0, 0.05) is 42.9 Å². The number of thioether (sulfide) groups is 1. The first kappa shape index (κ1) is 35.1. The molecule has 0 atom stereocenters. The summed E-state index contributed by atoms with van der Waals surface area (Å²) in [6.45, 7) is 4.93. The van der Waals surface area contributed by atoms with E-state index in [1.165, 1.54) is 37.9 Å². The number of hydrogen-bond donors (Lipinski definition) is 1. The van der Waals surface area contributed by atoms with Crippen molar-refractivity contribution in [3.8, 4) is 0 Å². The van der Waals surface area contributed by atoms with E-state index in [9.17, 15) is 4.79 Å². The van der Waals surface area contributed by atoms with Gasteiger partial charge in [-0.3, -0.25) is 9.69 Å². The zero-order chi connectivity index (χ0) is 30.1. The molecule has 0 saturated carbocycles. The van der Waals surface area contributed by atoms with Gasteiger partial charge in [-0.15, -0.1) is 0 Å². The molecule has 9 heteroatoms. The number of carboxylic acids is 1. The molecule has 7 nitrogen and oxygen atoms in total. The van der Waals surface area contributed by atoms with Crippen LogP contribution in [0.25, 0.3) is 17.0 Å². The number of unbranched alkanes of at least 4 members (excludes halogenated alkanes) is 2. The van der Waals surface area contributed by atoms with Gasteiger partial charge >= 0.3 is 5.97 Å². The lowest BCUT2D eigenvalue weighted by Crippen LogP contribution is -3.00. The summed E-state index contributed by atoms with van der Waals surface area (Å²) in [7, 11) is 10.7. The fourth-order valence-corrected chi connectivity index (χ4v) is 6.69. The van der Waals surface area contributed by atoms with Crippen molar-refractivity contribution in [3.05, 3.63) is 65.2 Å². The lowest BCUT2D eigenvalue weighted by molar-refractivity contribution is -0.659. The van der Waals surface area contributed by atoms with Crippen LogP contribution in [0.1, 0.15) is 44.1 Å². The summed E-state index contributed by atoms with van der Waals surface area (Å²) in [5, 5.41) is 11.6. The maximum atomic E-state index is 11.1. The minimum atomic E-state index is -0.712. The molecule has 3 aromatic rings. The zero-order valence-electron chi connectivity index (χ0n) is 26.4. The van der Waals surface area contributed by atoms with Crippen molar-refractivity contribution in [1.29, 1.82) is 0 Å². The number of anilines is 2. The Morgan fingerprint density at radius 3 is 2.19 bits per heavy atom. The highest BCUT2D eigenvalue weighted by atomic mass is 127. The highest BCUT2D eigenvalue weighted by Crippen LogP contribution is 2.45. The summed E-state index contributed by atoms with van der Waals surface area (Å²) in [6, 6.07) is 19.7. The van der Waals surface area contributed by atoms with Crippen LogP contribution >= 0.6 is 11.8 Å². The second kappa shape index (κ2) is 17.2. The molecule has 0 radical (unpaired) electrons. The third-order valence-corrected chi connectivity index (χ3v) is 8.95. The molecule has 234 valence electrons. The molecule has 0 amide bonds. The number of rotatable bonds is 16. The van der Waals surface area contributed by atoms with Gasteiger partial charge in [0.2, 0.25) is 0 Å². The summed E-state index contributed by atoms with van der Waals surface area (Å²) in [5.74, 6) is 0.538. The van der Waals surface area contributed by atoms with Crippen LogP contribution in [0.2, 0.25) is 0 Å². The van der Waals surface area contributed by atoms with Gasteiger partial charge in [0.05, 0.1) is 30.4 Å². The van der Waals surface area contributed by atoms with E-state index < -0.39 is 5.97 Å². The Morgan fingerprint density at radius 2 is 1.53 bits per heavy atom. The fourth-order valence-electron chi connectivity index (χ4n) is 5.59. The van der Waals surface area contributed by atoms with Crippen molar-refractivity contribution in [2.75, 3.05) is 71.2 Å². The Bertz CT molecular complexity index is 1370. The monoisotopic (exact) mass is 717 g/mol. The van der Waals surface area contributed by atoms with E-state index in [-0.39, 0.29) is 30.4 Å². The maximum Gasteiger partial charge on any atom is 0.303 e. The van der Waals surface area contributed by atoms with Crippen molar-refractivity contribution in [2.45, 2.75) is 50.0 Å². The molecule has 43 heavy (non-hydrogen) atoms. The molecule has 0 saturated heterocycles. The number of aliphatic carboxylic acids is 1. The van der Waals surface area contributed by atoms with Gasteiger partial charge in [-0.25, -0.2) is 4.57 Å². The molecule has 0 spiro atoms. The normalized spacial score (nSPS) is 13.7. The maximum absolute atomic E-state index is 11.1. The number of aryl methyl sites for hydroxylation is 1. The van der Waals surface area contributed by atoms with Crippen molar-refractivity contribution in [2.24, 2.45) is 0 Å². The topological polar surface area (TPSA) is 54.1 Å². The molecule has 1 N–H and O–H groups in total. The Morgan fingerprint density at radius 1 is 0.884 bits per heavy atom. The van der Waals surface area contributed by atoms with Crippen molar-refractivity contribution >= 4 is 46.2 Å². The van der Waals surface area contributed by atoms with Crippen LogP contribution in [0.5, 0.6) is 0 Å². The Hall–Kier alpha value is -2.34. The predicted octanol–water partition coefficient (Wildman–Crippen LogP) is 3.03. The zero-order valence-corrected chi connectivity index (χ0v) is 29.4. The Kier molecular flexibility index (Phi) is 14.1. The molecule has 0 unspecified atom stereocenters. The summed E-state index contributed by atoms with van der Waals surface area (Å²) >= 11 is 1.83. The third-order valence-electron chi connectivity index (χ3n) is 7.78. The van der Waals surface area contributed by atoms with Gasteiger partial charge in [-0.05, 0) is 90.1 Å². The average Bonchev–Trinajstić information content (AvgIpc) is 3.27. The number of nitrogens with zero attached hydrogens (tertiary/aromatic N) is 5. The summed E-state index contributed by atoms with van der Waals surface area (Å²) in [4.78, 5) is 21.8. The molecule has 1 aliphatic heterocycles. The molecule has 0 aliphatic carbocycles. The van der Waals surface area contributed by atoms with Gasteiger partial charge in [0.1, 0.15) is 5.52 Å². The van der Waals surface area contributed by atoms with Gasteiger partial charge in [-0.2, -0.15) is 0 Å². The van der Waals surface area contributed by atoms with Gasteiger partial charge in [0.15, 0.2) is 0 Å². The number of para-hydroxylation sites is 2. The number of pyridine rings is 1. The van der Waals surface area contributed by atoms with E-state index in [1.54, 1.807) is 0 Å². The van der Waals surface area contributed by atoms with Crippen LogP contribution in [0.15, 0.2) is 64.5 Å². The predicted molar refractivity (Wildman–Crippen MR) is 177 cm³/mol. The quantitative estimate of drug-likeness (QED) is 0.139. The van der Waals surface area contributed by atoms with Crippen LogP contribution < -0.4 is 38.3 Å². The van der Waals surface area contributed by atoms with Crippen LogP contribution in [0, 0.1) is 0 Å². The second-order valence-electron chi connectivity index (χ2n) is 11.7. The molecule has 2 aromatic carbocycles. The first-order valence-corrected chi connectivity index (χ1v) is 16.0. The van der Waals surface area contributed by atoms with Crippen molar-refractivity contribution < 1.29 is 38.4 Å². The minimum Gasteiger partial charge on any atom is -1.00 e. The summed E-state index contributed by atoms with van der Waals surface area (Å²) < 4.78 is 2.49. The number of carboxylic acid groups (broad SMARTS) is 1. The fraction of sp³-hybridized carbons (Fsp3) is 0.471. The third kappa shape index (κ3) is 9.83. The van der Waals surface area contributed by atoms with E-state index >= 15 is 0 Å². The first-order valence-electron chi connectivity index (χ1n) is 15.2. The molecule has 0 fully saturated rings. The number of aromatic nitrogens is 1. The van der Waals surface area contributed by atoms with E-state index in [4.69, 9.17) is 5.11 Å². The van der Waals surface area contributed by atoms with Crippen LogP contribution in [0.4, 0.5) is 11.5 Å². The highest BCUT2D eigenvalue weighted by Gasteiger charge is 2.26. The lowest BCUT2D eigenvalue weighted by Gasteiger charge is -2.24. The molecular weight excluding hydrogens is 669 g/mol. The summed E-state index contributed by atoms with van der Waals surface area (Å²) in [5.41, 5.74) is 3.71. The average molecular weight is 718 g/mol. The van der Waals surface area contributed by atoms with Crippen molar-refractivity contribution in [1.82, 2.24) is 9.80 Å². The number of halogens is 1. The van der Waals surface area contributed by atoms with E-state index in [1.807, 2.05) is 11.8 Å². The molecule has 4 rings (SSSR count). The number of carbonyl (C=O) groups is 1. The van der Waals surface area contributed by atoms with Gasteiger partial charge in [0.25, 0.3) is 5.82 Å². The number of hydrogen-bond acceptors (Lipinski definition) is 6. The number of fused-ring (bicyclic) bond motifs is 2.